The van der Waals surface area contributed by atoms with Crippen molar-refractivity contribution in [3.63, 3.8) is 0 Å². The lowest BCUT2D eigenvalue weighted by Gasteiger charge is -2.19. The van der Waals surface area contributed by atoms with Crippen molar-refractivity contribution in [2.24, 2.45) is 5.73 Å². The predicted octanol–water partition coefficient (Wildman–Crippen LogP) is 16.2. The molecule has 0 bridgehead atoms. The van der Waals surface area contributed by atoms with Crippen LogP contribution in [0, 0.1) is 0 Å². The molecule has 376 valence electrons. The molecule has 3 N–H and O–H groups in total. The van der Waals surface area contributed by atoms with Gasteiger partial charge < -0.3 is 20.1 Å². The Kier molecular flexibility index (Phi) is 48.9. The van der Waals surface area contributed by atoms with Crippen molar-refractivity contribution in [2.45, 2.75) is 238 Å². The molecule has 65 heavy (non-hydrogen) atoms. The Labute approximate surface area is 399 Å². The summed E-state index contributed by atoms with van der Waals surface area (Å²) in [5.74, 6) is -0.833. The van der Waals surface area contributed by atoms with E-state index >= 15 is 0 Å². The van der Waals surface area contributed by atoms with Gasteiger partial charge in [-0.15, -0.1) is 0 Å². The number of hydrogen-bond donors (Lipinski definition) is 2. The van der Waals surface area contributed by atoms with Crippen LogP contribution < -0.4 is 5.73 Å². The van der Waals surface area contributed by atoms with Crippen molar-refractivity contribution >= 4 is 19.8 Å². The maximum Gasteiger partial charge on any atom is 0.472 e. The molecular weight excluding hydrogens is 834 g/mol. The topological polar surface area (TPSA) is 134 Å². The van der Waals surface area contributed by atoms with Gasteiger partial charge in [0.2, 0.25) is 0 Å². The van der Waals surface area contributed by atoms with Crippen LogP contribution in [0.4, 0.5) is 0 Å². The summed E-state index contributed by atoms with van der Waals surface area (Å²) < 4.78 is 33.0. The SMILES string of the molecule is CC/C=C\C/C=C\C/C=C\C/C=C\CCCCCCCCCCCCCCC(=O)OC(COC(=O)CCCCCCCCCCC/C=C\C/C=C\CCCCC)COP(=O)(O)OCCN. The molecule has 9 nitrogen and oxygen atoms in total. The zero-order valence-corrected chi connectivity index (χ0v) is 42.6. The quantitative estimate of drug-likeness (QED) is 0.0265. The number of nitrogens with two attached hydrogens (primary N) is 1. The molecule has 0 rings (SSSR count). The summed E-state index contributed by atoms with van der Waals surface area (Å²) in [7, 11) is -4.39. The summed E-state index contributed by atoms with van der Waals surface area (Å²) in [6.45, 7) is 3.61. The summed E-state index contributed by atoms with van der Waals surface area (Å²) in [4.78, 5) is 35.1. The highest BCUT2D eigenvalue weighted by atomic mass is 31.2. The van der Waals surface area contributed by atoms with Gasteiger partial charge in [0.1, 0.15) is 6.61 Å². The summed E-state index contributed by atoms with van der Waals surface area (Å²) in [6.07, 6.45) is 63.6. The molecule has 2 atom stereocenters. The fraction of sp³-hybridized carbons (Fsp3) is 0.745. The van der Waals surface area contributed by atoms with E-state index in [1.807, 2.05) is 0 Å². The third kappa shape index (κ3) is 50.7. The smallest absolute Gasteiger partial charge is 0.462 e. The Morgan fingerprint density at radius 2 is 0.846 bits per heavy atom. The van der Waals surface area contributed by atoms with Gasteiger partial charge in [0.15, 0.2) is 6.10 Å². The zero-order valence-electron chi connectivity index (χ0n) is 41.7. The molecular formula is C55H98NO8P. The molecule has 0 aliphatic heterocycles. The number of esters is 2. The highest BCUT2D eigenvalue weighted by Gasteiger charge is 2.26. The Bertz CT molecular complexity index is 1290. The molecule has 0 radical (unpaired) electrons. The third-order valence-corrected chi connectivity index (χ3v) is 12.1. The molecule has 0 saturated heterocycles. The Morgan fingerprint density at radius 3 is 1.26 bits per heavy atom. The van der Waals surface area contributed by atoms with Crippen molar-refractivity contribution in [3.8, 4) is 0 Å². The molecule has 0 fully saturated rings. The van der Waals surface area contributed by atoms with Crippen LogP contribution in [0.15, 0.2) is 72.9 Å². The molecule has 0 amide bonds. The van der Waals surface area contributed by atoms with Crippen LogP contribution in [-0.2, 0) is 32.7 Å². The van der Waals surface area contributed by atoms with Crippen LogP contribution in [0.5, 0.6) is 0 Å². The zero-order chi connectivity index (χ0) is 47.4. The average molecular weight is 932 g/mol. The molecule has 0 heterocycles. The van der Waals surface area contributed by atoms with Gasteiger partial charge in [-0.25, -0.2) is 4.57 Å². The second-order valence-corrected chi connectivity index (χ2v) is 18.8. The van der Waals surface area contributed by atoms with Crippen molar-refractivity contribution < 1.29 is 37.6 Å². The average Bonchev–Trinajstić information content (AvgIpc) is 3.30. The fourth-order valence-corrected chi connectivity index (χ4v) is 7.95. The maximum atomic E-state index is 12.7. The minimum absolute atomic E-state index is 0.0501. The van der Waals surface area contributed by atoms with E-state index in [2.05, 4.69) is 86.8 Å². The van der Waals surface area contributed by atoms with Gasteiger partial charge >= 0.3 is 19.8 Å². The standard InChI is InChI=1S/C55H98NO8P/c1-3-5-7-9-11-13-15-17-19-21-23-24-25-26-27-28-30-32-34-36-38-40-42-44-46-48-55(58)64-53(52-63-65(59,60)62-50-49-56)51-61-54(57)47-45-43-41-39-37-35-33-31-29-22-20-18-16-14-12-10-8-6-4-2/h5,7,11-14,17-20,23-24,53H,3-4,6,8-10,15-16,21-22,25-52,56H2,1-2H3,(H,59,60)/b7-5-,13-11-,14-12-,19-17-,20-18-,24-23-. The molecule has 0 aromatic carbocycles. The van der Waals surface area contributed by atoms with Gasteiger partial charge in [0, 0.05) is 19.4 Å². The van der Waals surface area contributed by atoms with E-state index in [0.717, 1.165) is 83.5 Å². The normalized spacial score (nSPS) is 13.7. The lowest BCUT2D eigenvalue weighted by Crippen LogP contribution is -2.29. The number of phosphoric ester groups is 1. The van der Waals surface area contributed by atoms with Crippen molar-refractivity contribution in [2.75, 3.05) is 26.4 Å². The van der Waals surface area contributed by atoms with Crippen LogP contribution in [0.1, 0.15) is 232 Å². The predicted molar refractivity (Wildman–Crippen MR) is 275 cm³/mol. The van der Waals surface area contributed by atoms with Crippen LogP contribution >= 0.6 is 7.82 Å². The second kappa shape index (κ2) is 50.9. The molecule has 0 aromatic heterocycles. The Balaban J connectivity index is 4.03. The van der Waals surface area contributed by atoms with E-state index in [0.29, 0.717) is 6.42 Å². The Morgan fingerprint density at radius 1 is 0.477 bits per heavy atom. The largest absolute Gasteiger partial charge is 0.472 e. The number of phosphoric acid groups is 1. The molecule has 0 spiro atoms. The molecule has 10 heteroatoms. The molecule has 0 aliphatic rings. The van der Waals surface area contributed by atoms with Crippen LogP contribution in [0.3, 0.4) is 0 Å². The molecule has 0 aromatic rings. The van der Waals surface area contributed by atoms with Crippen LogP contribution in [-0.4, -0.2) is 49.3 Å². The summed E-state index contributed by atoms with van der Waals surface area (Å²) in [5.41, 5.74) is 5.37. The number of carbonyl (C=O) groups is 2. The van der Waals surface area contributed by atoms with Crippen LogP contribution in [0.2, 0.25) is 0 Å². The van der Waals surface area contributed by atoms with E-state index in [9.17, 15) is 19.0 Å². The first-order chi connectivity index (χ1) is 31.8. The van der Waals surface area contributed by atoms with E-state index < -0.39 is 26.5 Å². The monoisotopic (exact) mass is 932 g/mol. The van der Waals surface area contributed by atoms with Gasteiger partial charge in [-0.3, -0.25) is 18.6 Å². The van der Waals surface area contributed by atoms with Gasteiger partial charge in [-0.1, -0.05) is 209 Å². The van der Waals surface area contributed by atoms with Gasteiger partial charge in [0.05, 0.1) is 13.2 Å². The summed E-state index contributed by atoms with van der Waals surface area (Å²) >= 11 is 0. The molecule has 0 aliphatic carbocycles. The summed E-state index contributed by atoms with van der Waals surface area (Å²) in [6, 6.07) is 0. The minimum Gasteiger partial charge on any atom is -0.462 e. The molecule has 2 unspecified atom stereocenters. The van der Waals surface area contributed by atoms with E-state index in [-0.39, 0.29) is 38.6 Å². The number of unbranched alkanes of at least 4 members (excludes halogenated alkanes) is 24. The third-order valence-electron chi connectivity index (χ3n) is 11.1. The second-order valence-electron chi connectivity index (χ2n) is 17.4. The number of hydrogen-bond acceptors (Lipinski definition) is 8. The fourth-order valence-electron chi connectivity index (χ4n) is 7.19. The van der Waals surface area contributed by atoms with Gasteiger partial charge in [-0.05, 0) is 83.5 Å². The first kappa shape index (κ1) is 62.4. The molecule has 0 saturated carbocycles. The lowest BCUT2D eigenvalue weighted by molar-refractivity contribution is -0.161. The van der Waals surface area contributed by atoms with E-state index in [1.54, 1.807) is 0 Å². The minimum atomic E-state index is -4.39. The van der Waals surface area contributed by atoms with Gasteiger partial charge in [-0.2, -0.15) is 0 Å². The van der Waals surface area contributed by atoms with E-state index in [1.165, 1.54) is 116 Å². The number of rotatable bonds is 49. The van der Waals surface area contributed by atoms with Crippen molar-refractivity contribution in [3.05, 3.63) is 72.9 Å². The van der Waals surface area contributed by atoms with Crippen LogP contribution in [0.25, 0.3) is 0 Å². The number of allylic oxidation sites excluding steroid dienone is 12. The van der Waals surface area contributed by atoms with Crippen molar-refractivity contribution in [1.29, 1.82) is 0 Å². The first-order valence-corrected chi connectivity index (χ1v) is 27.9. The Hall–Kier alpha value is -2.55. The lowest BCUT2D eigenvalue weighted by atomic mass is 10.0. The highest BCUT2D eigenvalue weighted by Crippen LogP contribution is 2.43. The highest BCUT2D eigenvalue weighted by molar-refractivity contribution is 7.47. The first-order valence-electron chi connectivity index (χ1n) is 26.4. The summed E-state index contributed by atoms with van der Waals surface area (Å²) in [5, 5.41) is 0. The number of ether oxygens (including phenoxy) is 2. The van der Waals surface area contributed by atoms with E-state index in [4.69, 9.17) is 24.3 Å². The maximum absolute atomic E-state index is 12.7. The number of carbonyl (C=O) groups excluding carboxylic acids is 2. The van der Waals surface area contributed by atoms with Crippen molar-refractivity contribution in [1.82, 2.24) is 0 Å². The van der Waals surface area contributed by atoms with Gasteiger partial charge in [0.25, 0.3) is 0 Å².